The van der Waals surface area contributed by atoms with Gasteiger partial charge < -0.3 is 25.5 Å². The van der Waals surface area contributed by atoms with Gasteiger partial charge in [-0.2, -0.15) is 0 Å². The van der Waals surface area contributed by atoms with Crippen molar-refractivity contribution in [1.82, 2.24) is 20.4 Å². The van der Waals surface area contributed by atoms with Crippen LogP contribution in [0.2, 0.25) is 0 Å². The number of unbranched alkanes of at least 4 members (excludes halogenated alkanes) is 12. The highest BCUT2D eigenvalue weighted by atomic mass is 16.3. The molecule has 3 N–H and O–H groups in total. The maximum absolute atomic E-state index is 12.6. The summed E-state index contributed by atoms with van der Waals surface area (Å²) in [4.78, 5) is 51.4. The molecule has 9 heteroatoms. The molecule has 0 bridgehead atoms. The van der Waals surface area contributed by atoms with Crippen LogP contribution >= 0.6 is 0 Å². The molecule has 0 rings (SSSR count). The minimum Gasteiger partial charge on any atom is -0.394 e. The summed E-state index contributed by atoms with van der Waals surface area (Å²) in [6, 6.07) is -1.98. The molecule has 0 saturated heterocycles. The number of hydrogen-bond donors (Lipinski definition) is 3. The number of aliphatic hydroxyl groups excluding tert-OH is 1. The number of carbonyl (C=O) groups is 4. The monoisotopic (exact) mass is 512 g/mol. The van der Waals surface area contributed by atoms with Crippen LogP contribution in [0.15, 0.2) is 0 Å². The van der Waals surface area contributed by atoms with Crippen molar-refractivity contribution in [2.24, 2.45) is 0 Å². The van der Waals surface area contributed by atoms with Crippen molar-refractivity contribution < 1.29 is 24.3 Å². The molecule has 0 aliphatic rings. The lowest BCUT2D eigenvalue weighted by Gasteiger charge is -2.27. The van der Waals surface area contributed by atoms with Crippen LogP contribution in [0.4, 0.5) is 0 Å². The molecule has 36 heavy (non-hydrogen) atoms. The predicted molar refractivity (Wildman–Crippen MR) is 143 cm³/mol. The summed E-state index contributed by atoms with van der Waals surface area (Å²) in [6.45, 7) is 3.01. The van der Waals surface area contributed by atoms with E-state index < -0.39 is 30.5 Å². The Bertz CT molecular complexity index is 642. The van der Waals surface area contributed by atoms with Crippen molar-refractivity contribution in [3.8, 4) is 0 Å². The molecule has 9 nitrogen and oxygen atoms in total. The number of nitrogens with one attached hydrogen (secondary N) is 2. The van der Waals surface area contributed by atoms with Gasteiger partial charge in [0.05, 0.1) is 13.2 Å². The van der Waals surface area contributed by atoms with Gasteiger partial charge in [-0.25, -0.2) is 0 Å². The van der Waals surface area contributed by atoms with E-state index >= 15 is 0 Å². The van der Waals surface area contributed by atoms with Gasteiger partial charge in [0.25, 0.3) is 0 Å². The first kappa shape index (κ1) is 33.8. The fourth-order valence-corrected chi connectivity index (χ4v) is 3.87. The van der Waals surface area contributed by atoms with Gasteiger partial charge >= 0.3 is 0 Å². The molecule has 210 valence electrons. The zero-order chi connectivity index (χ0) is 27.3. The second kappa shape index (κ2) is 21.0. The average Bonchev–Trinajstić information content (AvgIpc) is 2.84. The van der Waals surface area contributed by atoms with Gasteiger partial charge in [0.1, 0.15) is 12.1 Å². The first-order chi connectivity index (χ1) is 17.1. The molecule has 4 amide bonds. The highest BCUT2D eigenvalue weighted by Gasteiger charge is 2.28. The molecular formula is C27H52N4O5. The third-order valence-corrected chi connectivity index (χ3v) is 6.50. The highest BCUT2D eigenvalue weighted by Crippen LogP contribution is 2.13. The quantitative estimate of drug-likeness (QED) is 0.204. The summed E-state index contributed by atoms with van der Waals surface area (Å²) >= 11 is 0. The summed E-state index contributed by atoms with van der Waals surface area (Å²) in [5.74, 6) is -1.61. The Morgan fingerprint density at radius 3 is 1.64 bits per heavy atom. The molecule has 0 aromatic heterocycles. The van der Waals surface area contributed by atoms with E-state index in [2.05, 4.69) is 17.6 Å². The van der Waals surface area contributed by atoms with Crippen molar-refractivity contribution in [1.29, 1.82) is 0 Å². The maximum Gasteiger partial charge on any atom is 0.245 e. The summed E-state index contributed by atoms with van der Waals surface area (Å²) < 4.78 is 0. The molecule has 0 aromatic rings. The number of carbonyl (C=O) groups excluding carboxylic acids is 4. The fourth-order valence-electron chi connectivity index (χ4n) is 3.87. The molecule has 0 fully saturated rings. The van der Waals surface area contributed by atoms with Crippen molar-refractivity contribution in [3.05, 3.63) is 0 Å². The fraction of sp³-hybridized carbons (Fsp3) is 0.852. The smallest absolute Gasteiger partial charge is 0.245 e. The molecule has 0 unspecified atom stereocenters. The van der Waals surface area contributed by atoms with E-state index in [1.165, 1.54) is 88.0 Å². The van der Waals surface area contributed by atoms with E-state index in [-0.39, 0.29) is 18.4 Å². The SMILES string of the molecule is CCCCCCCCCCCCCCCC(=O)N(C)[C@H](CO)C(=O)N[C@H](C)C(=O)NCC(=O)N(C)C. The van der Waals surface area contributed by atoms with Crippen LogP contribution in [0.5, 0.6) is 0 Å². The van der Waals surface area contributed by atoms with E-state index in [0.29, 0.717) is 6.42 Å². The van der Waals surface area contributed by atoms with Gasteiger partial charge in [0.2, 0.25) is 23.6 Å². The molecule has 2 atom stereocenters. The van der Waals surface area contributed by atoms with Gasteiger partial charge in [0, 0.05) is 27.6 Å². The van der Waals surface area contributed by atoms with Crippen molar-refractivity contribution in [2.75, 3.05) is 34.3 Å². The van der Waals surface area contributed by atoms with E-state index in [0.717, 1.165) is 19.3 Å². The van der Waals surface area contributed by atoms with E-state index in [1.807, 2.05) is 0 Å². The van der Waals surface area contributed by atoms with E-state index in [1.54, 1.807) is 14.1 Å². The van der Waals surface area contributed by atoms with Crippen LogP contribution in [0, 0.1) is 0 Å². The van der Waals surface area contributed by atoms with Crippen LogP contribution in [-0.4, -0.2) is 84.9 Å². The Hall–Kier alpha value is -2.16. The molecular weight excluding hydrogens is 460 g/mol. The van der Waals surface area contributed by atoms with Crippen LogP contribution in [-0.2, 0) is 19.2 Å². The molecule has 0 aliphatic heterocycles. The van der Waals surface area contributed by atoms with E-state index in [9.17, 15) is 24.3 Å². The van der Waals surface area contributed by atoms with Crippen molar-refractivity contribution >= 4 is 23.6 Å². The maximum atomic E-state index is 12.6. The minimum absolute atomic E-state index is 0.174. The molecule has 0 spiro atoms. The Kier molecular flexibility index (Phi) is 19.7. The number of rotatable bonds is 21. The topological polar surface area (TPSA) is 119 Å². The lowest BCUT2D eigenvalue weighted by atomic mass is 10.0. The number of hydrogen-bond acceptors (Lipinski definition) is 5. The minimum atomic E-state index is -1.07. The summed E-state index contributed by atoms with van der Waals surface area (Å²) in [5.41, 5.74) is 0. The Morgan fingerprint density at radius 1 is 0.722 bits per heavy atom. The first-order valence-electron chi connectivity index (χ1n) is 13.8. The largest absolute Gasteiger partial charge is 0.394 e. The van der Waals surface area contributed by atoms with Crippen molar-refractivity contribution in [3.63, 3.8) is 0 Å². The third kappa shape index (κ3) is 15.8. The summed E-state index contributed by atoms with van der Waals surface area (Å²) in [7, 11) is 4.65. The zero-order valence-electron chi connectivity index (χ0n) is 23.4. The molecule has 0 radical (unpaired) electrons. The van der Waals surface area contributed by atoms with Crippen LogP contribution in [0.3, 0.4) is 0 Å². The molecule has 0 saturated carbocycles. The molecule has 0 heterocycles. The number of likely N-dealkylation sites (N-methyl/N-ethyl adjacent to an activating group) is 2. The summed E-state index contributed by atoms with van der Waals surface area (Å²) in [5, 5.41) is 14.6. The molecule has 0 aromatic carbocycles. The first-order valence-corrected chi connectivity index (χ1v) is 13.8. The van der Waals surface area contributed by atoms with Crippen LogP contribution in [0.25, 0.3) is 0 Å². The zero-order valence-corrected chi connectivity index (χ0v) is 23.4. The van der Waals surface area contributed by atoms with Gasteiger partial charge in [-0.15, -0.1) is 0 Å². The number of amides is 4. The normalized spacial score (nSPS) is 12.5. The Morgan fingerprint density at radius 2 is 1.19 bits per heavy atom. The van der Waals surface area contributed by atoms with Crippen LogP contribution < -0.4 is 10.6 Å². The van der Waals surface area contributed by atoms with Crippen LogP contribution in [0.1, 0.15) is 104 Å². The van der Waals surface area contributed by atoms with Gasteiger partial charge in [0.15, 0.2) is 0 Å². The second-order valence-electron chi connectivity index (χ2n) is 9.93. The van der Waals surface area contributed by atoms with Gasteiger partial charge in [-0.3, -0.25) is 19.2 Å². The van der Waals surface area contributed by atoms with Crippen molar-refractivity contribution in [2.45, 2.75) is 116 Å². The molecule has 0 aliphatic carbocycles. The third-order valence-electron chi connectivity index (χ3n) is 6.50. The standard InChI is InChI=1S/C27H52N4O5/c1-6-7-8-9-10-11-12-13-14-15-16-17-18-19-24(33)31(5)23(21-32)27(36)29-22(2)26(35)28-20-25(34)30(3)4/h22-23,32H,6-21H2,1-5H3,(H,28,35)(H,29,36)/t22-,23-/m1/s1. The Balaban J connectivity index is 4.11. The number of nitrogens with zero attached hydrogens (tertiary/aromatic N) is 2. The second-order valence-corrected chi connectivity index (χ2v) is 9.93. The average molecular weight is 513 g/mol. The lowest BCUT2D eigenvalue weighted by molar-refractivity contribution is -0.141. The predicted octanol–water partition coefficient (Wildman–Crippen LogP) is 3.00. The number of aliphatic hydroxyl groups is 1. The van der Waals surface area contributed by atoms with Gasteiger partial charge in [-0.1, -0.05) is 84.0 Å². The summed E-state index contributed by atoms with van der Waals surface area (Å²) in [6.07, 6.45) is 16.2. The lowest BCUT2D eigenvalue weighted by Crippen LogP contribution is -2.55. The van der Waals surface area contributed by atoms with Gasteiger partial charge in [-0.05, 0) is 13.3 Å². The van der Waals surface area contributed by atoms with E-state index in [4.69, 9.17) is 0 Å². The highest BCUT2D eigenvalue weighted by molar-refractivity contribution is 5.93. The Labute approximate surface area is 218 Å².